The average Bonchev–Trinajstić information content (AvgIpc) is 2.47. The lowest BCUT2D eigenvalue weighted by molar-refractivity contribution is 0.0694. The normalized spacial score (nSPS) is 16.1. The fourth-order valence-electron chi connectivity index (χ4n) is 3.19. The molecular formula is C18H20N2O3. The number of pyridine rings is 2. The van der Waals surface area contributed by atoms with Crippen molar-refractivity contribution in [2.75, 3.05) is 0 Å². The van der Waals surface area contributed by atoms with E-state index in [9.17, 15) is 14.7 Å². The Morgan fingerprint density at radius 1 is 1.35 bits per heavy atom. The van der Waals surface area contributed by atoms with Gasteiger partial charge in [-0.3, -0.25) is 9.78 Å². The number of nitrogens with zero attached hydrogens (tertiary/aromatic N) is 2. The first-order valence-electron chi connectivity index (χ1n) is 7.76. The van der Waals surface area contributed by atoms with Crippen LogP contribution in [0.5, 0.6) is 0 Å². The lowest BCUT2D eigenvalue weighted by Crippen LogP contribution is -2.28. The smallest absolute Gasteiger partial charge is 0.341 e. The van der Waals surface area contributed by atoms with E-state index in [4.69, 9.17) is 0 Å². The highest BCUT2D eigenvalue weighted by atomic mass is 16.4. The van der Waals surface area contributed by atoms with Crippen LogP contribution < -0.4 is 5.43 Å². The second-order valence-corrected chi connectivity index (χ2v) is 6.56. The third-order valence-electron chi connectivity index (χ3n) is 4.65. The van der Waals surface area contributed by atoms with E-state index in [0.717, 1.165) is 28.9 Å². The van der Waals surface area contributed by atoms with E-state index in [-0.39, 0.29) is 11.6 Å². The molecule has 0 amide bonds. The first-order valence-corrected chi connectivity index (χ1v) is 7.76. The van der Waals surface area contributed by atoms with Crippen LogP contribution >= 0.6 is 0 Å². The summed E-state index contributed by atoms with van der Waals surface area (Å²) < 4.78 is 1.92. The molecule has 3 rings (SSSR count). The van der Waals surface area contributed by atoms with Crippen molar-refractivity contribution in [1.29, 1.82) is 0 Å². The van der Waals surface area contributed by atoms with E-state index in [1.165, 1.54) is 12.3 Å². The van der Waals surface area contributed by atoms with Crippen LogP contribution in [0.2, 0.25) is 0 Å². The third-order valence-corrected chi connectivity index (χ3v) is 4.65. The predicted molar refractivity (Wildman–Crippen MR) is 87.9 cm³/mol. The molecule has 1 unspecified atom stereocenters. The Bertz CT molecular complexity index is 865. The van der Waals surface area contributed by atoms with Crippen molar-refractivity contribution < 1.29 is 9.90 Å². The number of aryl methyl sites for hydroxylation is 2. The molecule has 0 fully saturated rings. The minimum atomic E-state index is -1.19. The molecule has 23 heavy (non-hydrogen) atoms. The van der Waals surface area contributed by atoms with Crippen LogP contribution in [-0.4, -0.2) is 20.6 Å². The molecule has 1 aliphatic heterocycles. The Balaban J connectivity index is 2.33. The summed E-state index contributed by atoms with van der Waals surface area (Å²) in [6, 6.07) is 3.66. The largest absolute Gasteiger partial charge is 0.477 e. The maximum absolute atomic E-state index is 12.1. The first-order chi connectivity index (χ1) is 10.8. The zero-order valence-electron chi connectivity index (χ0n) is 13.8. The molecule has 2 aromatic heterocycles. The van der Waals surface area contributed by atoms with Gasteiger partial charge in [0.1, 0.15) is 5.56 Å². The molecule has 5 nitrogen and oxygen atoms in total. The van der Waals surface area contributed by atoms with Crippen molar-refractivity contribution >= 4 is 5.97 Å². The highest BCUT2D eigenvalue weighted by molar-refractivity contribution is 5.87. The second kappa shape index (κ2) is 5.33. The molecule has 0 aromatic carbocycles. The van der Waals surface area contributed by atoms with Gasteiger partial charge < -0.3 is 9.67 Å². The topological polar surface area (TPSA) is 72.2 Å². The monoisotopic (exact) mass is 312 g/mol. The van der Waals surface area contributed by atoms with Gasteiger partial charge in [0, 0.05) is 24.0 Å². The quantitative estimate of drug-likeness (QED) is 0.925. The molecule has 120 valence electrons. The van der Waals surface area contributed by atoms with Crippen molar-refractivity contribution in [2.45, 2.75) is 40.2 Å². The number of hydrogen-bond donors (Lipinski definition) is 1. The maximum Gasteiger partial charge on any atom is 0.341 e. The Morgan fingerprint density at radius 2 is 2.04 bits per heavy atom. The molecule has 0 saturated heterocycles. The molecule has 0 radical (unpaired) electrons. The van der Waals surface area contributed by atoms with E-state index < -0.39 is 11.4 Å². The van der Waals surface area contributed by atoms with Gasteiger partial charge in [0.2, 0.25) is 0 Å². The van der Waals surface area contributed by atoms with E-state index in [1.54, 1.807) is 0 Å². The van der Waals surface area contributed by atoms with E-state index in [0.29, 0.717) is 11.6 Å². The Labute approximate surface area is 134 Å². The van der Waals surface area contributed by atoms with E-state index >= 15 is 0 Å². The molecule has 1 aliphatic rings. The third kappa shape index (κ3) is 2.46. The van der Waals surface area contributed by atoms with Crippen molar-refractivity contribution in [2.24, 2.45) is 5.92 Å². The highest BCUT2D eigenvalue weighted by Crippen LogP contribution is 2.36. The van der Waals surface area contributed by atoms with Crippen molar-refractivity contribution in [3.05, 3.63) is 50.9 Å². The Morgan fingerprint density at radius 3 is 2.65 bits per heavy atom. The summed E-state index contributed by atoms with van der Waals surface area (Å²) in [5.41, 5.74) is 4.01. The van der Waals surface area contributed by atoms with Crippen LogP contribution in [0.4, 0.5) is 0 Å². The van der Waals surface area contributed by atoms with Crippen LogP contribution in [0.3, 0.4) is 0 Å². The standard InChI is InChI=1S/C18H20N2O3/c1-9(2)14-6-12-5-10(3)11(4)19-17(12)15-7-16(21)13(18(22)23)8-20(14)15/h5,7-9,14H,6H2,1-4H3,(H,22,23). The Hall–Kier alpha value is -2.43. The molecule has 0 bridgehead atoms. The lowest BCUT2D eigenvalue weighted by atomic mass is 9.89. The SMILES string of the molecule is Cc1cc2c(nc1C)-c1cc(=O)c(C(=O)O)cn1C(C(C)C)C2. The number of aromatic nitrogens is 2. The minimum Gasteiger partial charge on any atom is -0.477 e. The molecular weight excluding hydrogens is 292 g/mol. The molecule has 1 atom stereocenters. The number of carboxylic acids is 1. The molecule has 3 heterocycles. The molecule has 5 heteroatoms. The zero-order valence-corrected chi connectivity index (χ0v) is 13.8. The number of carboxylic acid groups (broad SMARTS) is 1. The summed E-state index contributed by atoms with van der Waals surface area (Å²) in [4.78, 5) is 28.1. The minimum absolute atomic E-state index is 0.111. The number of carbonyl (C=O) groups is 1. The number of aromatic carboxylic acids is 1. The predicted octanol–water partition coefficient (Wildman–Crippen LogP) is 2.98. The van der Waals surface area contributed by atoms with Gasteiger partial charge in [-0.05, 0) is 37.3 Å². The summed E-state index contributed by atoms with van der Waals surface area (Å²) >= 11 is 0. The average molecular weight is 312 g/mol. The molecule has 0 aliphatic carbocycles. The molecule has 1 N–H and O–H groups in total. The van der Waals surface area contributed by atoms with Gasteiger partial charge >= 0.3 is 5.97 Å². The summed E-state index contributed by atoms with van der Waals surface area (Å²) in [5, 5.41) is 9.24. The van der Waals surface area contributed by atoms with Gasteiger partial charge in [0.05, 0.1) is 11.4 Å². The zero-order chi connectivity index (χ0) is 16.9. The fourth-order valence-corrected chi connectivity index (χ4v) is 3.19. The molecule has 0 spiro atoms. The second-order valence-electron chi connectivity index (χ2n) is 6.56. The summed E-state index contributed by atoms with van der Waals surface area (Å²) in [6.07, 6.45) is 2.26. The molecule has 2 aromatic rings. The van der Waals surface area contributed by atoms with Crippen LogP contribution in [0.25, 0.3) is 11.4 Å². The lowest BCUT2D eigenvalue weighted by Gasteiger charge is -2.33. The van der Waals surface area contributed by atoms with E-state index in [2.05, 4.69) is 24.9 Å². The highest BCUT2D eigenvalue weighted by Gasteiger charge is 2.29. The van der Waals surface area contributed by atoms with Gasteiger partial charge in [-0.15, -0.1) is 0 Å². The summed E-state index contributed by atoms with van der Waals surface area (Å²) in [6.45, 7) is 8.18. The van der Waals surface area contributed by atoms with Gasteiger partial charge in [-0.25, -0.2) is 4.79 Å². The number of hydrogen-bond acceptors (Lipinski definition) is 3. The van der Waals surface area contributed by atoms with Crippen LogP contribution in [0, 0.1) is 19.8 Å². The van der Waals surface area contributed by atoms with Crippen LogP contribution in [-0.2, 0) is 6.42 Å². The number of rotatable bonds is 2. The first kappa shape index (κ1) is 15.5. The molecule has 0 saturated carbocycles. The van der Waals surface area contributed by atoms with Gasteiger partial charge in [0.15, 0.2) is 5.43 Å². The summed E-state index contributed by atoms with van der Waals surface area (Å²) in [5.74, 6) is -0.876. The van der Waals surface area contributed by atoms with Crippen molar-refractivity contribution in [3.8, 4) is 11.4 Å². The summed E-state index contributed by atoms with van der Waals surface area (Å²) in [7, 11) is 0. The van der Waals surface area contributed by atoms with Gasteiger partial charge in [-0.2, -0.15) is 0 Å². The number of fused-ring (bicyclic) bond motifs is 3. The fraction of sp³-hybridized carbons (Fsp3) is 0.389. The van der Waals surface area contributed by atoms with Gasteiger partial charge in [0.25, 0.3) is 0 Å². The van der Waals surface area contributed by atoms with Crippen molar-refractivity contribution in [1.82, 2.24) is 9.55 Å². The van der Waals surface area contributed by atoms with E-state index in [1.807, 2.05) is 18.4 Å². The Kier molecular flexibility index (Phi) is 3.59. The van der Waals surface area contributed by atoms with Crippen LogP contribution in [0.15, 0.2) is 23.1 Å². The van der Waals surface area contributed by atoms with Crippen molar-refractivity contribution in [3.63, 3.8) is 0 Å². The maximum atomic E-state index is 12.1. The van der Waals surface area contributed by atoms with Crippen LogP contribution in [0.1, 0.15) is 47.1 Å². The van der Waals surface area contributed by atoms with Gasteiger partial charge in [-0.1, -0.05) is 19.9 Å².